The Morgan fingerprint density at radius 2 is 2.08 bits per heavy atom. The minimum Gasteiger partial charge on any atom is -0.343 e. The zero-order valence-electron chi connectivity index (χ0n) is 13.5. The predicted molar refractivity (Wildman–Crippen MR) is 97.5 cm³/mol. The molecule has 126 valence electrons. The van der Waals surface area contributed by atoms with Crippen molar-refractivity contribution in [3.05, 3.63) is 65.3 Å². The molecule has 0 aliphatic carbocycles. The molecule has 0 saturated carbocycles. The number of nitrogens with one attached hydrogen (secondary N) is 2. The molecule has 2 aromatic heterocycles. The van der Waals surface area contributed by atoms with Crippen LogP contribution in [-0.4, -0.2) is 28.3 Å². The number of carbonyl (C=O) groups is 2. The second-order valence-corrected chi connectivity index (χ2v) is 6.24. The Morgan fingerprint density at radius 1 is 1.20 bits per heavy atom. The third-order valence-electron chi connectivity index (χ3n) is 3.40. The number of carbonyl (C=O) groups excluding carboxylic acids is 2. The Hall–Kier alpha value is -3.06. The average Bonchev–Trinajstić information content (AvgIpc) is 3.09. The van der Waals surface area contributed by atoms with E-state index >= 15 is 0 Å². The Labute approximate surface area is 149 Å². The first-order chi connectivity index (χ1) is 12.1. The lowest BCUT2D eigenvalue weighted by Crippen LogP contribution is -2.32. The minimum absolute atomic E-state index is 0.116. The molecular formula is C18H16N4O2S. The lowest BCUT2D eigenvalue weighted by Gasteiger charge is -2.05. The highest BCUT2D eigenvalue weighted by Crippen LogP contribution is 2.23. The van der Waals surface area contributed by atoms with Gasteiger partial charge in [-0.15, -0.1) is 11.3 Å². The average molecular weight is 352 g/mol. The summed E-state index contributed by atoms with van der Waals surface area (Å²) in [7, 11) is 0. The molecular weight excluding hydrogens is 336 g/mol. The molecule has 2 N–H and O–H groups in total. The fourth-order valence-electron chi connectivity index (χ4n) is 2.19. The van der Waals surface area contributed by atoms with Crippen LogP contribution in [0.5, 0.6) is 0 Å². The van der Waals surface area contributed by atoms with E-state index in [0.29, 0.717) is 10.7 Å². The number of amides is 2. The second-order valence-electron chi connectivity index (χ2n) is 5.38. The van der Waals surface area contributed by atoms with Crippen molar-refractivity contribution in [2.24, 2.45) is 0 Å². The molecule has 0 spiro atoms. The van der Waals surface area contributed by atoms with E-state index in [1.165, 1.54) is 11.3 Å². The zero-order chi connectivity index (χ0) is 17.6. The minimum atomic E-state index is -0.326. The molecule has 3 rings (SSSR count). The van der Waals surface area contributed by atoms with Crippen molar-refractivity contribution in [1.29, 1.82) is 0 Å². The van der Waals surface area contributed by atoms with Crippen molar-refractivity contribution in [1.82, 2.24) is 15.3 Å². The summed E-state index contributed by atoms with van der Waals surface area (Å²) in [5, 5.41) is 7.61. The summed E-state index contributed by atoms with van der Waals surface area (Å²) in [6, 6.07) is 10.9. The zero-order valence-corrected chi connectivity index (χ0v) is 14.3. The summed E-state index contributed by atoms with van der Waals surface area (Å²) in [4.78, 5) is 32.4. The monoisotopic (exact) mass is 352 g/mol. The summed E-state index contributed by atoms with van der Waals surface area (Å²) in [5.41, 5.74) is 3.15. The smallest absolute Gasteiger partial charge is 0.251 e. The second kappa shape index (κ2) is 7.67. The van der Waals surface area contributed by atoms with E-state index in [4.69, 9.17) is 0 Å². The van der Waals surface area contributed by atoms with Gasteiger partial charge in [0.15, 0.2) is 5.13 Å². The van der Waals surface area contributed by atoms with Crippen LogP contribution in [0.1, 0.15) is 15.9 Å². The summed E-state index contributed by atoms with van der Waals surface area (Å²) in [6.45, 7) is 1.79. The molecule has 0 aliphatic rings. The third kappa shape index (κ3) is 4.48. The number of hydrogen-bond acceptors (Lipinski definition) is 5. The molecule has 7 heteroatoms. The molecule has 0 fully saturated rings. The summed E-state index contributed by atoms with van der Waals surface area (Å²) < 4.78 is 0. The van der Waals surface area contributed by atoms with Crippen LogP contribution in [0.25, 0.3) is 11.3 Å². The molecule has 0 aliphatic heterocycles. The van der Waals surface area contributed by atoms with Crippen molar-refractivity contribution in [3.63, 3.8) is 0 Å². The predicted octanol–water partition coefficient (Wildman–Crippen LogP) is 2.88. The summed E-state index contributed by atoms with van der Waals surface area (Å²) in [6.07, 6.45) is 3.40. The van der Waals surface area contributed by atoms with Gasteiger partial charge in [-0.3, -0.25) is 14.6 Å². The number of rotatable bonds is 5. The molecule has 1 aromatic carbocycles. The van der Waals surface area contributed by atoms with Gasteiger partial charge >= 0.3 is 0 Å². The number of aryl methyl sites for hydroxylation is 1. The maximum Gasteiger partial charge on any atom is 0.251 e. The molecule has 25 heavy (non-hydrogen) atoms. The fraction of sp³-hybridized carbons (Fsp3) is 0.111. The summed E-state index contributed by atoms with van der Waals surface area (Å²) in [5.74, 6) is -0.609. The van der Waals surface area contributed by atoms with Crippen molar-refractivity contribution in [2.45, 2.75) is 6.92 Å². The Morgan fingerprint density at radius 3 is 2.84 bits per heavy atom. The number of benzene rings is 1. The quantitative estimate of drug-likeness (QED) is 0.739. The van der Waals surface area contributed by atoms with Gasteiger partial charge < -0.3 is 10.6 Å². The van der Waals surface area contributed by atoms with Gasteiger partial charge in [0.05, 0.1) is 12.2 Å². The first-order valence-electron chi connectivity index (χ1n) is 7.62. The van der Waals surface area contributed by atoms with Crippen molar-refractivity contribution >= 4 is 28.3 Å². The van der Waals surface area contributed by atoms with Gasteiger partial charge in [-0.2, -0.15) is 0 Å². The van der Waals surface area contributed by atoms with E-state index in [9.17, 15) is 9.59 Å². The topological polar surface area (TPSA) is 84.0 Å². The Balaban J connectivity index is 1.55. The van der Waals surface area contributed by atoms with Crippen LogP contribution in [-0.2, 0) is 4.79 Å². The molecule has 0 unspecified atom stereocenters. The van der Waals surface area contributed by atoms with Crippen LogP contribution in [0, 0.1) is 6.92 Å². The maximum atomic E-state index is 12.0. The molecule has 0 bridgehead atoms. The Bertz CT molecular complexity index is 893. The molecule has 0 radical (unpaired) electrons. The van der Waals surface area contributed by atoms with Gasteiger partial charge in [0, 0.05) is 28.9 Å². The highest BCUT2D eigenvalue weighted by atomic mass is 32.1. The SMILES string of the molecule is Cc1cccc(C(=O)NCC(=O)Nc2nc(-c3cccnc3)cs2)c1. The third-order valence-corrected chi connectivity index (χ3v) is 4.16. The molecule has 2 heterocycles. The molecule has 3 aromatic rings. The number of nitrogens with zero attached hydrogens (tertiary/aromatic N) is 2. The van der Waals surface area contributed by atoms with E-state index in [0.717, 1.165) is 16.8 Å². The maximum absolute atomic E-state index is 12.0. The van der Waals surface area contributed by atoms with Crippen molar-refractivity contribution in [3.8, 4) is 11.3 Å². The fourth-order valence-corrected chi connectivity index (χ4v) is 2.93. The molecule has 0 saturated heterocycles. The van der Waals surface area contributed by atoms with Crippen LogP contribution in [0.3, 0.4) is 0 Å². The molecule has 0 atom stereocenters. The van der Waals surface area contributed by atoms with Gasteiger partial charge in [0.2, 0.25) is 5.91 Å². The molecule has 6 nitrogen and oxygen atoms in total. The van der Waals surface area contributed by atoms with Gasteiger partial charge in [-0.1, -0.05) is 17.7 Å². The number of pyridine rings is 1. The van der Waals surface area contributed by atoms with Crippen molar-refractivity contribution < 1.29 is 9.59 Å². The number of anilines is 1. The van der Waals surface area contributed by atoms with Crippen LogP contribution in [0.15, 0.2) is 54.2 Å². The normalized spacial score (nSPS) is 10.3. The van der Waals surface area contributed by atoms with Crippen LogP contribution in [0.4, 0.5) is 5.13 Å². The van der Waals surface area contributed by atoms with Crippen LogP contribution < -0.4 is 10.6 Å². The van der Waals surface area contributed by atoms with Gasteiger partial charge in [0.1, 0.15) is 0 Å². The van der Waals surface area contributed by atoms with Gasteiger partial charge in [0.25, 0.3) is 5.91 Å². The van der Waals surface area contributed by atoms with Crippen LogP contribution >= 0.6 is 11.3 Å². The summed E-state index contributed by atoms with van der Waals surface area (Å²) >= 11 is 1.32. The number of hydrogen-bond donors (Lipinski definition) is 2. The molecule has 2 amide bonds. The Kier molecular flexibility index (Phi) is 5.15. The van der Waals surface area contributed by atoms with E-state index < -0.39 is 0 Å². The van der Waals surface area contributed by atoms with E-state index in [-0.39, 0.29) is 18.4 Å². The van der Waals surface area contributed by atoms with Gasteiger partial charge in [-0.05, 0) is 31.2 Å². The van der Waals surface area contributed by atoms with E-state index in [2.05, 4.69) is 20.6 Å². The highest BCUT2D eigenvalue weighted by molar-refractivity contribution is 7.14. The first kappa shape index (κ1) is 16.8. The first-order valence-corrected chi connectivity index (χ1v) is 8.50. The van der Waals surface area contributed by atoms with Crippen molar-refractivity contribution in [2.75, 3.05) is 11.9 Å². The van der Waals surface area contributed by atoms with Gasteiger partial charge in [-0.25, -0.2) is 4.98 Å². The standard InChI is InChI=1S/C18H16N4O2S/c1-12-4-2-5-13(8-12)17(24)20-10-16(23)22-18-21-15(11-25-18)14-6-3-7-19-9-14/h2-9,11H,10H2,1H3,(H,20,24)(H,21,22,23). The number of aromatic nitrogens is 2. The lowest BCUT2D eigenvalue weighted by atomic mass is 10.1. The lowest BCUT2D eigenvalue weighted by molar-refractivity contribution is -0.115. The highest BCUT2D eigenvalue weighted by Gasteiger charge is 2.10. The number of thiazole rings is 1. The van der Waals surface area contributed by atoms with E-state index in [1.807, 2.05) is 30.5 Å². The van der Waals surface area contributed by atoms with E-state index in [1.54, 1.807) is 30.6 Å². The largest absolute Gasteiger partial charge is 0.343 e. The van der Waals surface area contributed by atoms with Crippen LogP contribution in [0.2, 0.25) is 0 Å².